The first-order valence-electron chi connectivity index (χ1n) is 24.5. The summed E-state index contributed by atoms with van der Waals surface area (Å²) >= 11 is 6.70. The third-order valence-corrected chi connectivity index (χ3v) is 16.2. The van der Waals surface area contributed by atoms with E-state index in [0.29, 0.717) is 36.3 Å². The van der Waals surface area contributed by atoms with Crippen molar-refractivity contribution in [2.24, 2.45) is 24.6 Å². The van der Waals surface area contributed by atoms with Crippen molar-refractivity contribution in [2.75, 3.05) is 57.8 Å². The number of piperidine rings is 1. The Kier molecular flexibility index (Phi) is 13.1. The molecule has 4 aliphatic heterocycles. The van der Waals surface area contributed by atoms with Gasteiger partial charge in [-0.3, -0.25) is 29.3 Å². The van der Waals surface area contributed by atoms with Gasteiger partial charge in [0.1, 0.15) is 11.6 Å². The average molecular weight is 978 g/mol. The third kappa shape index (κ3) is 8.65. The maximum Gasteiger partial charge on any atom is 0.329 e. The van der Waals surface area contributed by atoms with Gasteiger partial charge in [-0.25, -0.2) is 13.6 Å². The minimum absolute atomic E-state index is 0.000692. The van der Waals surface area contributed by atoms with Crippen LogP contribution in [-0.2, 0) is 22.2 Å². The Bertz CT molecular complexity index is 2860. The number of imide groups is 1. The van der Waals surface area contributed by atoms with Gasteiger partial charge in [0.25, 0.3) is 0 Å². The molecule has 1 aromatic heterocycles. The third-order valence-electron chi connectivity index (χ3n) is 15.8. The highest BCUT2D eigenvalue weighted by Gasteiger charge is 2.50. The maximum absolute atomic E-state index is 16.2. The number of benzene rings is 4. The first-order chi connectivity index (χ1) is 33.7. The number of hydrogen-bond donors (Lipinski definition) is 3. The van der Waals surface area contributed by atoms with Gasteiger partial charge in [-0.2, -0.15) is 5.10 Å². The fraction of sp³-hybridized carbons (Fsp3) is 0.453. The molecule has 5 aliphatic rings. The Balaban J connectivity index is 0.715. The summed E-state index contributed by atoms with van der Waals surface area (Å²) < 4.78 is 45.8. The number of hydrogen-bond acceptors (Lipinski definition) is 9. The van der Waals surface area contributed by atoms with Gasteiger partial charge in [-0.15, -0.1) is 0 Å². The predicted molar refractivity (Wildman–Crippen MR) is 262 cm³/mol. The van der Waals surface area contributed by atoms with Crippen molar-refractivity contribution in [1.82, 2.24) is 30.2 Å². The highest BCUT2D eigenvalue weighted by atomic mass is 35.5. The second kappa shape index (κ2) is 19.2. The minimum Gasteiger partial charge on any atom is -0.494 e. The standard InChI is InChI=1S/C53H59ClF2N8O6/c1-30-44-42(26-39(55)47(54)46(44)45-38(49(57)66)15-16-41(69-3)48(45)56)70-53(30,35-7-5-4-6-8-35)29-58-36-12-9-33(10-13-36)51(67)63-27-31(28-63)17-21-62-22-18-32(19-23-62)34-11-14-37-40(25-34)61(2)60-50(37)64-24-20-43(65)59-52(64)68/h4-8,11,14-16,25-26,30-33,36,58H,9-10,12-13,17-24,27-29H2,1-3H3,(H2,57,66)(H,59,65,68). The number of methoxy groups -OCH3 is 1. The number of urea groups is 1. The molecule has 4 aromatic carbocycles. The molecule has 368 valence electrons. The van der Waals surface area contributed by atoms with Crippen LogP contribution in [0.15, 0.2) is 66.7 Å². The molecule has 3 saturated heterocycles. The molecule has 70 heavy (non-hydrogen) atoms. The van der Waals surface area contributed by atoms with Crippen LogP contribution in [0, 0.1) is 23.5 Å². The minimum atomic E-state index is -1.06. The molecule has 14 nitrogen and oxygen atoms in total. The molecule has 5 aromatic rings. The summed E-state index contributed by atoms with van der Waals surface area (Å²) in [4.78, 5) is 56.8. The molecule has 5 amide bonds. The van der Waals surface area contributed by atoms with Gasteiger partial charge < -0.3 is 30.3 Å². The zero-order valence-corrected chi connectivity index (χ0v) is 40.5. The summed E-state index contributed by atoms with van der Waals surface area (Å²) in [5, 5.41) is 11.3. The Hall–Kier alpha value is -6.10. The van der Waals surface area contributed by atoms with Crippen LogP contribution in [0.1, 0.15) is 97.2 Å². The van der Waals surface area contributed by atoms with E-state index in [-0.39, 0.29) is 63.4 Å². The first kappa shape index (κ1) is 47.6. The van der Waals surface area contributed by atoms with E-state index in [2.05, 4.69) is 38.8 Å². The SMILES string of the molecule is COc1ccc(C(N)=O)c(-c2c(Cl)c(F)cc3c2C(C)C(CNC2CCC(C(=O)N4CC(CCN5CCC(c6ccc7c(N8CCC(=O)NC8=O)nn(C)c7c6)CC5)C4)CC2)(c2ccccc2)O3)c1F. The number of halogens is 3. The highest BCUT2D eigenvalue weighted by Crippen LogP contribution is 2.56. The molecule has 0 radical (unpaired) electrons. The molecule has 5 heterocycles. The number of nitrogens with one attached hydrogen (secondary N) is 2. The van der Waals surface area contributed by atoms with E-state index in [9.17, 15) is 19.2 Å². The normalized spacial score (nSPS) is 23.3. The first-order valence-corrected chi connectivity index (χ1v) is 24.9. The van der Waals surface area contributed by atoms with Crippen LogP contribution in [-0.4, -0.2) is 102 Å². The number of ether oxygens (including phenoxy) is 2. The number of likely N-dealkylation sites (tertiary alicyclic amines) is 2. The largest absolute Gasteiger partial charge is 0.494 e. The van der Waals surface area contributed by atoms with Crippen LogP contribution >= 0.6 is 11.6 Å². The van der Waals surface area contributed by atoms with E-state index in [1.54, 1.807) is 4.90 Å². The Morgan fingerprint density at radius 2 is 1.71 bits per heavy atom. The number of rotatable bonds is 13. The molecule has 10 rings (SSSR count). The quantitative estimate of drug-likeness (QED) is 0.106. The second-order valence-corrected chi connectivity index (χ2v) is 20.2. The molecule has 4 N–H and O–H groups in total. The van der Waals surface area contributed by atoms with E-state index in [0.717, 1.165) is 94.1 Å². The van der Waals surface area contributed by atoms with Crippen LogP contribution in [0.4, 0.5) is 19.4 Å². The Labute approximate surface area is 410 Å². The predicted octanol–water partition coefficient (Wildman–Crippen LogP) is 7.99. The van der Waals surface area contributed by atoms with Crippen molar-refractivity contribution in [3.05, 3.63) is 106 Å². The van der Waals surface area contributed by atoms with Gasteiger partial charge in [0.2, 0.25) is 17.7 Å². The van der Waals surface area contributed by atoms with Crippen molar-refractivity contribution in [3.63, 3.8) is 0 Å². The topological polar surface area (TPSA) is 164 Å². The van der Waals surface area contributed by atoms with E-state index in [1.807, 2.05) is 53.9 Å². The number of nitrogens with zero attached hydrogens (tertiary/aromatic N) is 5. The van der Waals surface area contributed by atoms with E-state index >= 15 is 8.78 Å². The zero-order valence-electron chi connectivity index (χ0n) is 39.7. The lowest BCUT2D eigenvalue weighted by Gasteiger charge is -2.43. The van der Waals surface area contributed by atoms with Crippen LogP contribution in [0.3, 0.4) is 0 Å². The van der Waals surface area contributed by atoms with Gasteiger partial charge in [0, 0.05) is 85.7 Å². The van der Waals surface area contributed by atoms with Crippen molar-refractivity contribution in [2.45, 2.75) is 81.8 Å². The summed E-state index contributed by atoms with van der Waals surface area (Å²) in [6.07, 6.45) is 6.58. The molecule has 0 bridgehead atoms. The van der Waals surface area contributed by atoms with Crippen LogP contribution in [0.25, 0.3) is 22.0 Å². The number of nitrogens with two attached hydrogens (primary N) is 1. The van der Waals surface area contributed by atoms with Crippen molar-refractivity contribution < 1.29 is 37.4 Å². The summed E-state index contributed by atoms with van der Waals surface area (Å²) in [6.45, 7) is 7.25. The molecule has 17 heteroatoms. The number of primary amides is 1. The fourth-order valence-electron chi connectivity index (χ4n) is 11.7. The molecule has 4 fully saturated rings. The number of fused-ring (bicyclic) bond motifs is 2. The van der Waals surface area contributed by atoms with Gasteiger partial charge in [-0.1, -0.05) is 54.9 Å². The van der Waals surface area contributed by atoms with Crippen LogP contribution in [0.2, 0.25) is 5.02 Å². The molecule has 2 unspecified atom stereocenters. The monoisotopic (exact) mass is 976 g/mol. The number of amides is 5. The van der Waals surface area contributed by atoms with Crippen molar-refractivity contribution in [3.8, 4) is 22.6 Å². The second-order valence-electron chi connectivity index (χ2n) is 19.8. The van der Waals surface area contributed by atoms with Crippen molar-refractivity contribution >= 4 is 52.1 Å². The number of carbonyl (C=O) groups is 4. The van der Waals surface area contributed by atoms with Crippen molar-refractivity contribution in [1.29, 1.82) is 0 Å². The Morgan fingerprint density at radius 3 is 2.41 bits per heavy atom. The van der Waals surface area contributed by atoms with Gasteiger partial charge in [-0.05, 0) is 112 Å². The average Bonchev–Trinajstić information content (AvgIpc) is 3.83. The molecular formula is C53H59ClF2N8O6. The van der Waals surface area contributed by atoms with Crippen LogP contribution < -0.4 is 30.7 Å². The lowest BCUT2D eigenvalue weighted by molar-refractivity contribution is -0.143. The molecule has 1 saturated carbocycles. The Morgan fingerprint density at radius 1 is 0.971 bits per heavy atom. The summed E-state index contributed by atoms with van der Waals surface area (Å²) in [6, 6.07) is 19.6. The number of aromatic nitrogens is 2. The number of carbonyl (C=O) groups excluding carboxylic acids is 4. The smallest absolute Gasteiger partial charge is 0.329 e. The van der Waals surface area contributed by atoms with E-state index in [4.69, 9.17) is 26.8 Å². The van der Waals surface area contributed by atoms with Gasteiger partial charge in [0.15, 0.2) is 23.0 Å². The zero-order chi connectivity index (χ0) is 49.0. The van der Waals surface area contributed by atoms with E-state index < -0.39 is 35.1 Å². The summed E-state index contributed by atoms with van der Waals surface area (Å²) in [7, 11) is 3.19. The molecule has 2 atom stereocenters. The van der Waals surface area contributed by atoms with Gasteiger partial charge in [0.05, 0.1) is 23.2 Å². The van der Waals surface area contributed by atoms with Crippen LogP contribution in [0.5, 0.6) is 11.5 Å². The lowest BCUT2D eigenvalue weighted by atomic mass is 9.77. The lowest BCUT2D eigenvalue weighted by Crippen LogP contribution is -2.54. The molecule has 1 aliphatic carbocycles. The maximum atomic E-state index is 16.2. The molecule has 0 spiro atoms. The van der Waals surface area contributed by atoms with E-state index in [1.165, 1.54) is 30.9 Å². The summed E-state index contributed by atoms with van der Waals surface area (Å²) in [5.74, 6) is -1.59. The summed E-state index contributed by atoms with van der Waals surface area (Å²) in [5.41, 5.74) is 7.81. The fourth-order valence-corrected chi connectivity index (χ4v) is 12.0. The number of anilines is 1. The molecular weight excluding hydrogens is 918 g/mol. The number of aryl methyl sites for hydroxylation is 1. The van der Waals surface area contributed by atoms with Gasteiger partial charge >= 0.3 is 6.03 Å². The highest BCUT2D eigenvalue weighted by molar-refractivity contribution is 6.34.